The lowest BCUT2D eigenvalue weighted by atomic mass is 9.97. The minimum absolute atomic E-state index is 0.00345. The molecule has 1 unspecified atom stereocenters. The third-order valence-electron chi connectivity index (χ3n) is 13.1. The summed E-state index contributed by atoms with van der Waals surface area (Å²) in [4.78, 5) is 147. The molecule has 1 aliphatic heterocycles. The van der Waals surface area contributed by atoms with E-state index in [9.17, 15) is 53.1 Å². The number of imide groups is 1. The second-order valence-electron chi connectivity index (χ2n) is 19.1. The molecule has 0 spiro atoms. The molecular formula is C54H62N12O16S. The maximum absolute atomic E-state index is 13.9. The van der Waals surface area contributed by atoms with Crippen molar-refractivity contribution in [3.63, 3.8) is 0 Å². The maximum Gasteiger partial charge on any atom is 0.309 e. The minimum atomic E-state index is -1.35. The number of oxazole rings is 2. The number of ether oxygens (including phenoxy) is 3. The van der Waals surface area contributed by atoms with Crippen molar-refractivity contribution in [2.24, 2.45) is 17.4 Å². The summed E-state index contributed by atoms with van der Waals surface area (Å²) in [6.07, 6.45) is 4.55. The predicted molar refractivity (Wildman–Crippen MR) is 297 cm³/mol. The van der Waals surface area contributed by atoms with E-state index < -0.39 is 95.7 Å². The first-order valence-corrected chi connectivity index (χ1v) is 27.5. The number of primary amides is 2. The van der Waals surface area contributed by atoms with Crippen molar-refractivity contribution in [2.45, 2.75) is 104 Å². The van der Waals surface area contributed by atoms with Gasteiger partial charge < -0.3 is 54.1 Å². The highest BCUT2D eigenvalue weighted by atomic mass is 32.2. The topological polar surface area (TPSA) is 398 Å². The van der Waals surface area contributed by atoms with E-state index in [0.717, 1.165) is 16.7 Å². The van der Waals surface area contributed by atoms with Gasteiger partial charge in [-0.05, 0) is 49.8 Å². The highest BCUT2D eigenvalue weighted by Gasteiger charge is 2.39. The van der Waals surface area contributed by atoms with E-state index in [2.05, 4.69) is 35.9 Å². The number of allylic oxidation sites excluding steroid dienone is 2. The third-order valence-corrected chi connectivity index (χ3v) is 14.1. The van der Waals surface area contributed by atoms with E-state index in [4.69, 9.17) is 34.5 Å². The number of nitrogens with zero attached hydrogens (tertiary/aromatic N) is 7. The lowest BCUT2D eigenvalue weighted by Crippen LogP contribution is -2.47. The fourth-order valence-corrected chi connectivity index (χ4v) is 9.70. The molecule has 83 heavy (non-hydrogen) atoms. The fourth-order valence-electron chi connectivity index (χ4n) is 9.06. The average molecular weight is 1170 g/mol. The number of nitrogens with one attached hydrogen (secondary N) is 3. The van der Waals surface area contributed by atoms with Gasteiger partial charge >= 0.3 is 11.9 Å². The molecule has 0 saturated carbocycles. The number of amides is 7. The molecule has 4 aromatic heterocycles. The standard InChI is InChI=1S/C54H62N12O16S/c1-8-31-45(81-27(4)57-31)49(74)62-53-60-34-20-29(47(55)72)22-37(78-6)43(34)64(53)15-10-11-16-65-44-35(61-54(65)63-50(75)46-32(9-2)58-28(5)82-46)21-30(48(56)73)23-38(44)79-17-12-18-80-52(77)26(3)19-36(67)33(13-14-42(70)71)59-40(68)25-66-41(69)24-39(83-7)51(66)76/h10-11,20-23,26,33,39H,8-9,12-19,24-25H2,1-7H3,(H2,55,72)(H2,56,73)(H,59,68)(H,70,71)(H,60,62,74)(H,61,63,75)/b11-10+/t26-,33+,39?/m1/s1. The zero-order valence-corrected chi connectivity index (χ0v) is 47.3. The normalized spacial score (nSPS) is 14.1. The molecule has 0 bridgehead atoms. The summed E-state index contributed by atoms with van der Waals surface area (Å²) in [7, 11) is 1.40. The molecule has 5 heterocycles. The monoisotopic (exact) mass is 1170 g/mol. The second-order valence-corrected chi connectivity index (χ2v) is 20.1. The van der Waals surface area contributed by atoms with Crippen LogP contribution >= 0.6 is 11.8 Å². The van der Waals surface area contributed by atoms with E-state index in [1.807, 2.05) is 6.92 Å². The maximum atomic E-state index is 13.9. The summed E-state index contributed by atoms with van der Waals surface area (Å²) in [6.45, 7) is 7.22. The second kappa shape index (κ2) is 26.9. The highest BCUT2D eigenvalue weighted by molar-refractivity contribution is 8.00. The molecule has 0 radical (unpaired) electrons. The molecule has 1 aliphatic rings. The number of benzene rings is 2. The van der Waals surface area contributed by atoms with Crippen molar-refractivity contribution in [1.82, 2.24) is 39.3 Å². The smallest absolute Gasteiger partial charge is 0.309 e. The fraction of sp³-hybridized carbons (Fsp3) is 0.407. The molecule has 7 amide bonds. The van der Waals surface area contributed by atoms with Crippen LogP contribution in [0.3, 0.4) is 0 Å². The number of fused-ring (bicyclic) bond motifs is 2. The Labute approximate surface area is 477 Å². The number of nitrogens with two attached hydrogens (primary N) is 2. The van der Waals surface area contributed by atoms with Crippen molar-refractivity contribution in [3.05, 3.63) is 82.2 Å². The Hall–Kier alpha value is -9.41. The SMILES string of the molecule is CCc1nc(C)oc1C(=O)Nc1nc2cc(C(N)=O)cc(OC)c2n1C/C=C/Cn1c(NC(=O)c2oc(C)nc2CC)nc2cc(C(N)=O)cc(OCCCOC(=O)[C@H](C)CC(=O)[C@H](CCC(=O)O)NC(=O)CN3C(=O)CC(SC)C3=O)c21. The molecule has 29 heteroatoms. The van der Waals surface area contributed by atoms with E-state index in [0.29, 0.717) is 29.7 Å². The molecule has 0 aliphatic carbocycles. The summed E-state index contributed by atoms with van der Waals surface area (Å²) in [5.74, 6) is -7.82. The quantitative estimate of drug-likeness (QED) is 0.0168. The number of ketones is 1. The summed E-state index contributed by atoms with van der Waals surface area (Å²) >= 11 is 1.16. The van der Waals surface area contributed by atoms with E-state index in [-0.39, 0.29) is 120 Å². The molecular weight excluding hydrogens is 1100 g/mol. The van der Waals surface area contributed by atoms with Crippen LogP contribution in [0.15, 0.2) is 45.3 Å². The number of Topliss-reactive ketones (excluding diaryl/α,β-unsaturated/α-hetero) is 1. The number of carbonyl (C=O) groups is 10. The number of thioether (sulfide) groups is 1. The predicted octanol–water partition coefficient (Wildman–Crippen LogP) is 3.82. The number of aryl methyl sites for hydroxylation is 4. The number of hydrogen-bond acceptors (Lipinski definition) is 20. The van der Waals surface area contributed by atoms with Crippen molar-refractivity contribution in [3.8, 4) is 11.5 Å². The number of methoxy groups -OCH3 is 1. The zero-order chi connectivity index (χ0) is 60.4. The molecule has 440 valence electrons. The Morgan fingerprint density at radius 3 is 1.82 bits per heavy atom. The number of carboxylic acids is 1. The number of rotatable bonds is 29. The Bertz CT molecular complexity index is 3580. The van der Waals surface area contributed by atoms with Gasteiger partial charge in [0.2, 0.25) is 53.0 Å². The van der Waals surface area contributed by atoms with E-state index in [1.165, 1.54) is 38.3 Å². The molecule has 1 saturated heterocycles. The van der Waals surface area contributed by atoms with Gasteiger partial charge in [0.05, 0.1) is 60.0 Å². The van der Waals surface area contributed by atoms with Gasteiger partial charge in [-0.25, -0.2) is 19.9 Å². The minimum Gasteiger partial charge on any atom is -0.494 e. The third kappa shape index (κ3) is 14.4. The van der Waals surface area contributed by atoms with Crippen molar-refractivity contribution >= 4 is 105 Å². The van der Waals surface area contributed by atoms with E-state index in [1.54, 1.807) is 48.3 Å². The first-order chi connectivity index (χ1) is 39.5. The lowest BCUT2D eigenvalue weighted by Gasteiger charge is -2.21. The van der Waals surface area contributed by atoms with E-state index >= 15 is 0 Å². The first-order valence-electron chi connectivity index (χ1n) is 26.2. The van der Waals surface area contributed by atoms with Crippen LogP contribution in [0.5, 0.6) is 11.5 Å². The number of anilines is 2. The van der Waals surface area contributed by atoms with Gasteiger partial charge in [-0.15, -0.1) is 0 Å². The van der Waals surface area contributed by atoms with Gasteiger partial charge in [0, 0.05) is 63.7 Å². The van der Waals surface area contributed by atoms with Crippen LogP contribution in [-0.2, 0) is 59.4 Å². The number of aromatic nitrogens is 6. The Morgan fingerprint density at radius 2 is 1.34 bits per heavy atom. The number of aliphatic carboxylic acids is 1. The number of esters is 1. The van der Waals surface area contributed by atoms with Crippen molar-refractivity contribution in [1.29, 1.82) is 0 Å². The summed E-state index contributed by atoms with van der Waals surface area (Å²) in [5, 5.41) is 16.7. The van der Waals surface area contributed by atoms with Gasteiger partial charge in [-0.3, -0.25) is 63.5 Å². The first kappa shape index (κ1) is 61.2. The van der Waals surface area contributed by atoms with Gasteiger partial charge in [0.15, 0.2) is 17.6 Å². The summed E-state index contributed by atoms with van der Waals surface area (Å²) in [5.41, 5.74) is 13.4. The molecule has 1 fully saturated rings. The van der Waals surface area contributed by atoms with Gasteiger partial charge in [-0.1, -0.05) is 32.9 Å². The van der Waals surface area contributed by atoms with Crippen LogP contribution in [0, 0.1) is 19.8 Å². The highest BCUT2D eigenvalue weighted by Crippen LogP contribution is 2.34. The largest absolute Gasteiger partial charge is 0.494 e. The average Bonchev–Trinajstić information content (AvgIpc) is 2.76. The van der Waals surface area contributed by atoms with Crippen LogP contribution < -0.4 is 36.9 Å². The van der Waals surface area contributed by atoms with Gasteiger partial charge in [-0.2, -0.15) is 11.8 Å². The molecule has 6 aromatic rings. The molecule has 3 atom stereocenters. The van der Waals surface area contributed by atoms with Crippen LogP contribution in [0.1, 0.15) is 118 Å². The number of carboxylic acid groups (broad SMARTS) is 1. The van der Waals surface area contributed by atoms with Crippen LogP contribution in [0.25, 0.3) is 22.1 Å². The summed E-state index contributed by atoms with van der Waals surface area (Å²) < 4.78 is 31.9. The van der Waals surface area contributed by atoms with Crippen LogP contribution in [0.2, 0.25) is 0 Å². The Kier molecular flexibility index (Phi) is 19.8. The molecule has 2 aromatic carbocycles. The lowest BCUT2D eigenvalue weighted by molar-refractivity contribution is -0.150. The molecule has 7 rings (SSSR count). The van der Waals surface area contributed by atoms with Gasteiger partial charge in [0.1, 0.15) is 29.1 Å². The zero-order valence-electron chi connectivity index (χ0n) is 46.4. The summed E-state index contributed by atoms with van der Waals surface area (Å²) in [6, 6.07) is 4.34. The van der Waals surface area contributed by atoms with Gasteiger partial charge in [0.25, 0.3) is 11.8 Å². The number of imidazole rings is 2. The Balaban J connectivity index is 1.11. The van der Waals surface area contributed by atoms with Crippen molar-refractivity contribution < 1.29 is 76.1 Å². The van der Waals surface area contributed by atoms with Crippen LogP contribution in [0.4, 0.5) is 11.9 Å². The van der Waals surface area contributed by atoms with Crippen LogP contribution in [-0.4, -0.2) is 143 Å². The number of likely N-dealkylation sites (tertiary alicyclic amines) is 1. The Morgan fingerprint density at radius 1 is 0.807 bits per heavy atom. The number of carbonyl (C=O) groups excluding carboxylic acids is 9. The molecule has 8 N–H and O–H groups in total. The van der Waals surface area contributed by atoms with Crippen molar-refractivity contribution in [2.75, 3.05) is 43.8 Å². The number of hydrogen-bond donors (Lipinski definition) is 6. The molecule has 28 nitrogen and oxygen atoms in total.